The van der Waals surface area contributed by atoms with E-state index in [4.69, 9.17) is 15.2 Å². The first kappa shape index (κ1) is 17.0. The van der Waals surface area contributed by atoms with Crippen LogP contribution in [0.1, 0.15) is 25.3 Å². The molecule has 0 bridgehead atoms. The molecule has 1 aromatic carbocycles. The van der Waals surface area contributed by atoms with Crippen LogP contribution < -0.4 is 5.73 Å². The Morgan fingerprint density at radius 2 is 1.96 bits per heavy atom. The van der Waals surface area contributed by atoms with E-state index in [-0.39, 0.29) is 35.0 Å². The average molecular weight is 332 g/mol. The van der Waals surface area contributed by atoms with Gasteiger partial charge in [-0.3, -0.25) is 0 Å². The van der Waals surface area contributed by atoms with Gasteiger partial charge in [-0.05, 0) is 19.9 Å². The summed E-state index contributed by atoms with van der Waals surface area (Å²) in [6.45, 7) is 3.18. The highest BCUT2D eigenvalue weighted by Crippen LogP contribution is 2.45. The number of aromatic hydroxyl groups is 3. The number of carbonyl (C=O) groups excluding carboxylic acids is 1. The zero-order chi connectivity index (χ0) is 18.0. The summed E-state index contributed by atoms with van der Waals surface area (Å²) < 4.78 is 10.2. The Labute approximate surface area is 137 Å². The minimum Gasteiger partial charge on any atom is -0.507 e. The number of esters is 1. The van der Waals surface area contributed by atoms with Gasteiger partial charge in [-0.1, -0.05) is 0 Å². The van der Waals surface area contributed by atoms with Crippen molar-refractivity contribution in [3.05, 3.63) is 40.5 Å². The summed E-state index contributed by atoms with van der Waals surface area (Å²) in [5, 5.41) is 38.7. The number of nitrogens with zero attached hydrogens (tertiary/aromatic N) is 1. The Hall–Kier alpha value is -3.34. The summed E-state index contributed by atoms with van der Waals surface area (Å²) in [5.74, 6) is -3.45. The van der Waals surface area contributed by atoms with Gasteiger partial charge in [0.05, 0.1) is 18.1 Å². The molecule has 0 radical (unpaired) electrons. The van der Waals surface area contributed by atoms with Crippen LogP contribution in [0.4, 0.5) is 0 Å². The highest BCUT2D eigenvalue weighted by Gasteiger charge is 2.38. The van der Waals surface area contributed by atoms with Crippen LogP contribution in [-0.2, 0) is 14.3 Å². The minimum atomic E-state index is -1.10. The second kappa shape index (κ2) is 6.42. The van der Waals surface area contributed by atoms with Gasteiger partial charge in [0.25, 0.3) is 0 Å². The number of phenols is 3. The summed E-state index contributed by atoms with van der Waals surface area (Å²) in [7, 11) is 0. The number of benzene rings is 1. The van der Waals surface area contributed by atoms with Crippen LogP contribution >= 0.6 is 0 Å². The van der Waals surface area contributed by atoms with Crippen molar-refractivity contribution < 1.29 is 29.6 Å². The molecule has 5 N–H and O–H groups in total. The normalized spacial score (nSPS) is 17.3. The quantitative estimate of drug-likeness (QED) is 0.369. The zero-order valence-corrected chi connectivity index (χ0v) is 13.0. The molecule has 0 saturated carbocycles. The molecule has 0 aliphatic carbocycles. The van der Waals surface area contributed by atoms with Gasteiger partial charge in [0.15, 0.2) is 11.5 Å². The fourth-order valence-electron chi connectivity index (χ4n) is 2.48. The molecule has 0 saturated heterocycles. The third-order valence-electron chi connectivity index (χ3n) is 3.54. The minimum absolute atomic E-state index is 0.00973. The maximum atomic E-state index is 12.3. The van der Waals surface area contributed by atoms with Gasteiger partial charge in [0.2, 0.25) is 5.88 Å². The predicted molar refractivity (Wildman–Crippen MR) is 81.4 cm³/mol. The third kappa shape index (κ3) is 2.79. The smallest absolute Gasteiger partial charge is 0.338 e. The van der Waals surface area contributed by atoms with Gasteiger partial charge in [0, 0.05) is 11.6 Å². The molecule has 8 heteroatoms. The Morgan fingerprint density at radius 1 is 1.33 bits per heavy atom. The fraction of sp³-hybridized carbons (Fsp3) is 0.250. The Kier molecular flexibility index (Phi) is 4.55. The van der Waals surface area contributed by atoms with E-state index in [1.54, 1.807) is 6.92 Å². The van der Waals surface area contributed by atoms with Crippen molar-refractivity contribution in [2.75, 3.05) is 6.61 Å². The molecule has 24 heavy (non-hydrogen) atoms. The molecule has 0 spiro atoms. The van der Waals surface area contributed by atoms with Crippen molar-refractivity contribution in [3.8, 4) is 23.3 Å². The van der Waals surface area contributed by atoms with Gasteiger partial charge in [-0.15, -0.1) is 0 Å². The van der Waals surface area contributed by atoms with Crippen molar-refractivity contribution in [1.29, 1.82) is 5.26 Å². The molecule has 2 rings (SSSR count). The maximum Gasteiger partial charge on any atom is 0.338 e. The number of nitriles is 1. The van der Waals surface area contributed by atoms with E-state index in [1.807, 2.05) is 6.07 Å². The summed E-state index contributed by atoms with van der Waals surface area (Å²) in [4.78, 5) is 12.3. The van der Waals surface area contributed by atoms with E-state index in [1.165, 1.54) is 6.92 Å². The average Bonchev–Trinajstić information content (AvgIpc) is 2.50. The molecule has 8 nitrogen and oxygen atoms in total. The van der Waals surface area contributed by atoms with Crippen LogP contribution in [0.5, 0.6) is 17.2 Å². The number of allylic oxidation sites excluding steroid dienone is 2. The van der Waals surface area contributed by atoms with E-state index in [2.05, 4.69) is 0 Å². The lowest BCUT2D eigenvalue weighted by Gasteiger charge is -2.27. The summed E-state index contributed by atoms with van der Waals surface area (Å²) in [5.41, 5.74) is 5.58. The van der Waals surface area contributed by atoms with Crippen molar-refractivity contribution in [3.63, 3.8) is 0 Å². The van der Waals surface area contributed by atoms with Crippen LogP contribution in [0, 0.1) is 11.3 Å². The van der Waals surface area contributed by atoms with Gasteiger partial charge in [-0.2, -0.15) is 5.26 Å². The van der Waals surface area contributed by atoms with E-state index in [9.17, 15) is 25.4 Å². The van der Waals surface area contributed by atoms with Crippen LogP contribution in [0.2, 0.25) is 0 Å². The Balaban J connectivity index is 2.72. The lowest BCUT2D eigenvalue weighted by molar-refractivity contribution is -0.139. The number of nitrogens with two attached hydrogens (primary N) is 1. The summed E-state index contributed by atoms with van der Waals surface area (Å²) >= 11 is 0. The Morgan fingerprint density at radius 3 is 2.54 bits per heavy atom. The third-order valence-corrected chi connectivity index (χ3v) is 3.54. The summed E-state index contributed by atoms with van der Waals surface area (Å²) in [6.07, 6.45) is 0. The maximum absolute atomic E-state index is 12.3. The van der Waals surface area contributed by atoms with Gasteiger partial charge < -0.3 is 30.5 Å². The molecule has 0 amide bonds. The molecular formula is C16H16N2O6. The standard InChI is InChI=1S/C16H16N2O6/c1-3-23-16(22)13-7(2)24-15(18)9(6-17)14(13)8-4-11(20)12(21)5-10(8)19/h4-5,14,19-21H,3,18H2,1-2H3. The number of rotatable bonds is 3. The molecule has 126 valence electrons. The molecular weight excluding hydrogens is 316 g/mol. The van der Waals surface area contributed by atoms with Gasteiger partial charge in [0.1, 0.15) is 23.2 Å². The number of phenolic OH excluding ortho intramolecular Hbond substituents is 3. The number of hydrogen-bond acceptors (Lipinski definition) is 8. The van der Waals surface area contributed by atoms with Crippen molar-refractivity contribution >= 4 is 5.97 Å². The lowest BCUT2D eigenvalue weighted by Crippen LogP contribution is -2.25. The second-order valence-electron chi connectivity index (χ2n) is 5.01. The van der Waals surface area contributed by atoms with Crippen LogP contribution in [0.25, 0.3) is 0 Å². The lowest BCUT2D eigenvalue weighted by atomic mass is 9.82. The first-order valence-electron chi connectivity index (χ1n) is 7.02. The molecule has 1 aromatic rings. The highest BCUT2D eigenvalue weighted by molar-refractivity contribution is 5.93. The monoisotopic (exact) mass is 332 g/mol. The first-order valence-corrected chi connectivity index (χ1v) is 7.02. The van der Waals surface area contributed by atoms with E-state index >= 15 is 0 Å². The second-order valence-corrected chi connectivity index (χ2v) is 5.01. The topological polar surface area (TPSA) is 146 Å². The number of ether oxygens (including phenoxy) is 2. The van der Waals surface area contributed by atoms with E-state index in [0.29, 0.717) is 0 Å². The Bertz CT molecular complexity index is 804. The molecule has 0 aromatic heterocycles. The first-order chi connectivity index (χ1) is 11.3. The van der Waals surface area contributed by atoms with E-state index in [0.717, 1.165) is 12.1 Å². The fourth-order valence-corrected chi connectivity index (χ4v) is 2.48. The van der Waals surface area contributed by atoms with Crippen LogP contribution in [0.15, 0.2) is 34.9 Å². The van der Waals surface area contributed by atoms with Crippen LogP contribution in [-0.4, -0.2) is 27.9 Å². The SMILES string of the molecule is CCOC(=O)C1=C(C)OC(N)=C(C#N)C1c1cc(O)c(O)cc1O. The van der Waals surface area contributed by atoms with E-state index < -0.39 is 29.1 Å². The number of hydrogen-bond donors (Lipinski definition) is 4. The summed E-state index contributed by atoms with van der Waals surface area (Å²) in [6, 6.07) is 3.80. The highest BCUT2D eigenvalue weighted by atomic mass is 16.5. The predicted octanol–water partition coefficient (Wildman–Crippen LogP) is 1.45. The molecule has 0 fully saturated rings. The van der Waals surface area contributed by atoms with Gasteiger partial charge in [-0.25, -0.2) is 4.79 Å². The molecule has 1 unspecified atom stereocenters. The van der Waals surface area contributed by atoms with Crippen molar-refractivity contribution in [2.24, 2.45) is 5.73 Å². The van der Waals surface area contributed by atoms with Crippen molar-refractivity contribution in [1.82, 2.24) is 0 Å². The molecule has 1 aliphatic rings. The molecule has 1 aliphatic heterocycles. The number of carbonyl (C=O) groups is 1. The zero-order valence-electron chi connectivity index (χ0n) is 13.0. The van der Waals surface area contributed by atoms with Gasteiger partial charge >= 0.3 is 5.97 Å². The molecule has 1 atom stereocenters. The molecule has 1 heterocycles. The van der Waals surface area contributed by atoms with Crippen LogP contribution in [0.3, 0.4) is 0 Å². The largest absolute Gasteiger partial charge is 0.507 e. The van der Waals surface area contributed by atoms with Crippen molar-refractivity contribution in [2.45, 2.75) is 19.8 Å².